The van der Waals surface area contributed by atoms with E-state index in [1.54, 1.807) is 31.6 Å². The van der Waals surface area contributed by atoms with Gasteiger partial charge in [-0.3, -0.25) is 14.7 Å². The maximum absolute atomic E-state index is 12.1. The molecular formula is C26H30N4O2. The standard InChI is InChI=1S/C26H30N4O2/c1-32-25-7-3-2-6-24(25)30-17-15-29(16-18-30)14-12-21-8-10-22(11-9-21)19-28-26(31)23-5-4-13-27-20-23/h2-11,13,20H,12,14-19H2,1H3,(H,28,31). The second kappa shape index (κ2) is 10.8. The molecule has 1 aliphatic rings. The Morgan fingerprint density at radius 2 is 1.72 bits per heavy atom. The molecule has 2 aromatic carbocycles. The van der Waals surface area contributed by atoms with Crippen molar-refractivity contribution in [3.05, 3.63) is 89.7 Å². The zero-order valence-corrected chi connectivity index (χ0v) is 18.5. The Morgan fingerprint density at radius 3 is 2.44 bits per heavy atom. The zero-order valence-electron chi connectivity index (χ0n) is 18.5. The summed E-state index contributed by atoms with van der Waals surface area (Å²) in [5.74, 6) is 0.840. The number of piperazine rings is 1. The number of methoxy groups -OCH3 is 1. The Hall–Kier alpha value is -3.38. The van der Waals surface area contributed by atoms with E-state index in [0.29, 0.717) is 12.1 Å². The van der Waals surface area contributed by atoms with Crippen LogP contribution in [-0.4, -0.2) is 55.6 Å². The highest BCUT2D eigenvalue weighted by Gasteiger charge is 2.19. The van der Waals surface area contributed by atoms with Gasteiger partial charge in [0.25, 0.3) is 5.91 Å². The fourth-order valence-electron chi connectivity index (χ4n) is 4.00. The largest absolute Gasteiger partial charge is 0.495 e. The van der Waals surface area contributed by atoms with Crippen LogP contribution in [0.5, 0.6) is 5.75 Å². The lowest BCUT2D eigenvalue weighted by atomic mass is 10.1. The zero-order chi connectivity index (χ0) is 22.2. The number of nitrogens with zero attached hydrogens (tertiary/aromatic N) is 3. The van der Waals surface area contributed by atoms with E-state index in [1.807, 2.05) is 12.1 Å². The predicted octanol–water partition coefficient (Wildman–Crippen LogP) is 3.38. The van der Waals surface area contributed by atoms with Gasteiger partial charge in [0.1, 0.15) is 5.75 Å². The third kappa shape index (κ3) is 5.65. The molecule has 1 aliphatic heterocycles. The summed E-state index contributed by atoms with van der Waals surface area (Å²) in [7, 11) is 1.73. The molecule has 0 spiro atoms. The number of anilines is 1. The van der Waals surface area contributed by atoms with Crippen LogP contribution in [0.25, 0.3) is 0 Å². The molecule has 1 fully saturated rings. The normalized spacial score (nSPS) is 14.2. The number of para-hydroxylation sites is 2. The summed E-state index contributed by atoms with van der Waals surface area (Å²) in [6.45, 7) is 5.69. The second-order valence-corrected chi connectivity index (χ2v) is 7.99. The number of nitrogens with one attached hydrogen (secondary N) is 1. The first kappa shape index (κ1) is 21.8. The van der Waals surface area contributed by atoms with E-state index < -0.39 is 0 Å². The van der Waals surface area contributed by atoms with Crippen molar-refractivity contribution >= 4 is 11.6 Å². The van der Waals surface area contributed by atoms with Gasteiger partial charge in [-0.2, -0.15) is 0 Å². The molecule has 6 nitrogen and oxygen atoms in total. The summed E-state index contributed by atoms with van der Waals surface area (Å²) in [5, 5.41) is 2.94. The minimum absolute atomic E-state index is 0.102. The van der Waals surface area contributed by atoms with Crippen LogP contribution >= 0.6 is 0 Å². The van der Waals surface area contributed by atoms with Crippen LogP contribution in [0.4, 0.5) is 5.69 Å². The Bertz CT molecular complexity index is 1000. The van der Waals surface area contributed by atoms with Gasteiger partial charge < -0.3 is 15.0 Å². The highest BCUT2D eigenvalue weighted by molar-refractivity contribution is 5.93. The minimum Gasteiger partial charge on any atom is -0.495 e. The molecule has 0 atom stereocenters. The maximum atomic E-state index is 12.1. The first-order valence-corrected chi connectivity index (χ1v) is 11.1. The molecule has 0 bridgehead atoms. The lowest BCUT2D eigenvalue weighted by Gasteiger charge is -2.36. The summed E-state index contributed by atoms with van der Waals surface area (Å²) in [6, 6.07) is 20.3. The summed E-state index contributed by atoms with van der Waals surface area (Å²) in [5.41, 5.74) is 4.17. The van der Waals surface area contributed by atoms with E-state index in [0.717, 1.165) is 50.5 Å². The third-order valence-corrected chi connectivity index (χ3v) is 5.91. The van der Waals surface area contributed by atoms with Crippen molar-refractivity contribution in [2.75, 3.05) is 44.7 Å². The summed E-state index contributed by atoms with van der Waals surface area (Å²) < 4.78 is 5.51. The van der Waals surface area contributed by atoms with Crippen molar-refractivity contribution in [2.45, 2.75) is 13.0 Å². The van der Waals surface area contributed by atoms with Crippen LogP contribution < -0.4 is 15.0 Å². The van der Waals surface area contributed by atoms with Gasteiger partial charge in [0.15, 0.2) is 0 Å². The average molecular weight is 431 g/mol. The number of ether oxygens (including phenoxy) is 1. The second-order valence-electron chi connectivity index (χ2n) is 7.99. The molecule has 1 saturated heterocycles. The number of carbonyl (C=O) groups is 1. The first-order valence-electron chi connectivity index (χ1n) is 11.1. The Kier molecular flexibility index (Phi) is 7.35. The fourth-order valence-corrected chi connectivity index (χ4v) is 4.00. The lowest BCUT2D eigenvalue weighted by Crippen LogP contribution is -2.47. The number of hydrogen-bond acceptors (Lipinski definition) is 5. The van der Waals surface area contributed by atoms with E-state index in [-0.39, 0.29) is 5.91 Å². The number of pyridine rings is 1. The van der Waals surface area contributed by atoms with Crippen molar-refractivity contribution in [1.82, 2.24) is 15.2 Å². The SMILES string of the molecule is COc1ccccc1N1CCN(CCc2ccc(CNC(=O)c3cccnc3)cc2)CC1. The lowest BCUT2D eigenvalue weighted by molar-refractivity contribution is 0.0950. The van der Waals surface area contributed by atoms with Gasteiger partial charge in [0.05, 0.1) is 18.4 Å². The van der Waals surface area contributed by atoms with Gasteiger partial charge in [0, 0.05) is 51.7 Å². The van der Waals surface area contributed by atoms with Gasteiger partial charge >= 0.3 is 0 Å². The van der Waals surface area contributed by atoms with Crippen LogP contribution in [-0.2, 0) is 13.0 Å². The predicted molar refractivity (Wildman–Crippen MR) is 127 cm³/mol. The first-order chi connectivity index (χ1) is 15.7. The number of rotatable bonds is 8. The Labute approximate surface area is 189 Å². The number of hydrogen-bond donors (Lipinski definition) is 1. The summed E-state index contributed by atoms with van der Waals surface area (Å²) in [6.07, 6.45) is 4.27. The van der Waals surface area contributed by atoms with E-state index in [1.165, 1.54) is 11.3 Å². The molecule has 0 unspecified atom stereocenters. The maximum Gasteiger partial charge on any atom is 0.253 e. The molecule has 1 amide bonds. The van der Waals surface area contributed by atoms with Crippen molar-refractivity contribution in [2.24, 2.45) is 0 Å². The van der Waals surface area contributed by atoms with Gasteiger partial charge in [0.2, 0.25) is 0 Å². The molecule has 1 N–H and O–H groups in total. The number of benzene rings is 2. The van der Waals surface area contributed by atoms with Crippen LogP contribution in [0.1, 0.15) is 21.5 Å². The third-order valence-electron chi connectivity index (χ3n) is 5.91. The molecule has 1 aromatic heterocycles. The highest BCUT2D eigenvalue weighted by Crippen LogP contribution is 2.28. The summed E-state index contributed by atoms with van der Waals surface area (Å²) in [4.78, 5) is 21.1. The van der Waals surface area contributed by atoms with Crippen molar-refractivity contribution < 1.29 is 9.53 Å². The minimum atomic E-state index is -0.102. The Morgan fingerprint density at radius 1 is 0.969 bits per heavy atom. The van der Waals surface area contributed by atoms with E-state index in [4.69, 9.17) is 4.74 Å². The molecule has 6 heteroatoms. The van der Waals surface area contributed by atoms with Crippen LogP contribution in [0, 0.1) is 0 Å². The van der Waals surface area contributed by atoms with Crippen molar-refractivity contribution in [1.29, 1.82) is 0 Å². The van der Waals surface area contributed by atoms with Crippen molar-refractivity contribution in [3.8, 4) is 5.75 Å². The molecule has 4 rings (SSSR count). The highest BCUT2D eigenvalue weighted by atomic mass is 16.5. The van der Waals surface area contributed by atoms with Gasteiger partial charge in [-0.1, -0.05) is 36.4 Å². The molecule has 166 valence electrons. The molecule has 0 saturated carbocycles. The fraction of sp³-hybridized carbons (Fsp3) is 0.308. The van der Waals surface area contributed by atoms with Gasteiger partial charge in [-0.05, 0) is 41.8 Å². The van der Waals surface area contributed by atoms with E-state index in [2.05, 4.69) is 56.5 Å². The van der Waals surface area contributed by atoms with Crippen LogP contribution in [0.15, 0.2) is 73.1 Å². The number of carbonyl (C=O) groups excluding carboxylic acids is 1. The molecule has 2 heterocycles. The quantitative estimate of drug-likeness (QED) is 0.594. The topological polar surface area (TPSA) is 57.7 Å². The van der Waals surface area contributed by atoms with E-state index in [9.17, 15) is 4.79 Å². The number of amides is 1. The smallest absolute Gasteiger partial charge is 0.253 e. The molecule has 0 radical (unpaired) electrons. The monoisotopic (exact) mass is 430 g/mol. The van der Waals surface area contributed by atoms with E-state index >= 15 is 0 Å². The average Bonchev–Trinajstić information content (AvgIpc) is 2.87. The van der Waals surface area contributed by atoms with Crippen LogP contribution in [0.3, 0.4) is 0 Å². The molecule has 0 aliphatic carbocycles. The van der Waals surface area contributed by atoms with Crippen LogP contribution in [0.2, 0.25) is 0 Å². The summed E-state index contributed by atoms with van der Waals surface area (Å²) >= 11 is 0. The number of aromatic nitrogens is 1. The molecular weight excluding hydrogens is 400 g/mol. The molecule has 32 heavy (non-hydrogen) atoms. The molecule has 3 aromatic rings. The van der Waals surface area contributed by atoms with Crippen molar-refractivity contribution in [3.63, 3.8) is 0 Å². The van der Waals surface area contributed by atoms with Gasteiger partial charge in [-0.25, -0.2) is 0 Å². The van der Waals surface area contributed by atoms with Gasteiger partial charge in [-0.15, -0.1) is 0 Å². The Balaban J connectivity index is 1.21.